The summed E-state index contributed by atoms with van der Waals surface area (Å²) in [5.74, 6) is 0.954. The molecular formula is C12H22N4O. The van der Waals surface area contributed by atoms with Crippen LogP contribution in [-0.4, -0.2) is 54.3 Å². The molecule has 1 aliphatic rings. The fraction of sp³-hybridized carbons (Fsp3) is 0.750. The first-order valence-electron chi connectivity index (χ1n) is 6.17. The van der Waals surface area contributed by atoms with E-state index in [1.165, 1.54) is 6.42 Å². The molecule has 0 saturated carbocycles. The fourth-order valence-electron chi connectivity index (χ4n) is 2.37. The second-order valence-electron chi connectivity index (χ2n) is 4.86. The van der Waals surface area contributed by atoms with Crippen LogP contribution >= 0.6 is 0 Å². The van der Waals surface area contributed by atoms with Crippen molar-refractivity contribution in [3.05, 3.63) is 12.4 Å². The third kappa shape index (κ3) is 2.98. The monoisotopic (exact) mass is 238 g/mol. The van der Waals surface area contributed by atoms with Gasteiger partial charge in [-0.25, -0.2) is 4.98 Å². The standard InChI is InChI=1S/C12H22N4O/c1-10(9-17-3)14-12-13-5-7-16(12)11-4-6-15(2)8-11/h5,7,10-11H,4,6,8-9H2,1-3H3,(H,13,14). The second kappa shape index (κ2) is 5.51. The number of hydrogen-bond donors (Lipinski definition) is 1. The Labute approximate surface area is 103 Å². The molecule has 0 spiro atoms. The molecule has 2 rings (SSSR count). The van der Waals surface area contributed by atoms with Crippen LogP contribution < -0.4 is 5.32 Å². The topological polar surface area (TPSA) is 42.3 Å². The lowest BCUT2D eigenvalue weighted by molar-refractivity contribution is 0.190. The number of likely N-dealkylation sites (N-methyl/N-ethyl adjacent to an activating group) is 1. The van der Waals surface area contributed by atoms with Gasteiger partial charge in [0.2, 0.25) is 5.95 Å². The quantitative estimate of drug-likeness (QED) is 0.837. The molecule has 2 unspecified atom stereocenters. The molecule has 5 nitrogen and oxygen atoms in total. The van der Waals surface area contributed by atoms with Gasteiger partial charge in [0.1, 0.15) is 0 Å². The predicted molar refractivity (Wildman–Crippen MR) is 68.3 cm³/mol. The van der Waals surface area contributed by atoms with Gasteiger partial charge in [-0.3, -0.25) is 0 Å². The number of ether oxygens (including phenoxy) is 1. The van der Waals surface area contributed by atoms with Crippen LogP contribution in [0.1, 0.15) is 19.4 Å². The third-order valence-corrected chi connectivity index (χ3v) is 3.22. The van der Waals surface area contributed by atoms with E-state index in [9.17, 15) is 0 Å². The van der Waals surface area contributed by atoms with Crippen LogP contribution in [0.15, 0.2) is 12.4 Å². The SMILES string of the molecule is COCC(C)Nc1nccn1C1CCN(C)C1. The zero-order valence-corrected chi connectivity index (χ0v) is 10.9. The maximum atomic E-state index is 5.13. The Morgan fingerprint density at radius 1 is 1.65 bits per heavy atom. The van der Waals surface area contributed by atoms with Crippen LogP contribution in [0.3, 0.4) is 0 Å². The van der Waals surface area contributed by atoms with Gasteiger partial charge >= 0.3 is 0 Å². The first kappa shape index (κ1) is 12.4. The number of aromatic nitrogens is 2. The van der Waals surface area contributed by atoms with Crippen LogP contribution in [0.4, 0.5) is 5.95 Å². The summed E-state index contributed by atoms with van der Waals surface area (Å²) >= 11 is 0. The lowest BCUT2D eigenvalue weighted by atomic mass is 10.2. The maximum absolute atomic E-state index is 5.13. The zero-order valence-electron chi connectivity index (χ0n) is 10.9. The number of nitrogens with one attached hydrogen (secondary N) is 1. The number of anilines is 1. The fourth-order valence-corrected chi connectivity index (χ4v) is 2.37. The summed E-state index contributed by atoms with van der Waals surface area (Å²) in [6.07, 6.45) is 5.12. The molecule has 96 valence electrons. The molecule has 1 aromatic rings. The van der Waals surface area contributed by atoms with E-state index in [4.69, 9.17) is 4.74 Å². The molecule has 1 N–H and O–H groups in total. The Morgan fingerprint density at radius 3 is 3.12 bits per heavy atom. The van der Waals surface area contributed by atoms with Crippen molar-refractivity contribution in [1.82, 2.24) is 14.5 Å². The van der Waals surface area contributed by atoms with Crippen LogP contribution in [0.25, 0.3) is 0 Å². The molecule has 0 amide bonds. The summed E-state index contributed by atoms with van der Waals surface area (Å²) in [5, 5.41) is 3.39. The highest BCUT2D eigenvalue weighted by atomic mass is 16.5. The van der Waals surface area contributed by atoms with E-state index in [0.29, 0.717) is 12.6 Å². The lowest BCUT2D eigenvalue weighted by Gasteiger charge is -2.19. The average Bonchev–Trinajstić information content (AvgIpc) is 2.87. The van der Waals surface area contributed by atoms with Gasteiger partial charge in [-0.1, -0.05) is 0 Å². The molecule has 0 aliphatic carbocycles. The first-order chi connectivity index (χ1) is 8.20. The number of likely N-dealkylation sites (tertiary alicyclic amines) is 1. The van der Waals surface area contributed by atoms with Gasteiger partial charge in [-0.05, 0) is 26.9 Å². The van der Waals surface area contributed by atoms with Gasteiger partial charge in [0, 0.05) is 32.1 Å². The lowest BCUT2D eigenvalue weighted by Crippen LogP contribution is -2.24. The van der Waals surface area contributed by atoms with Gasteiger partial charge in [0.15, 0.2) is 0 Å². The van der Waals surface area contributed by atoms with Gasteiger partial charge in [0.25, 0.3) is 0 Å². The Kier molecular flexibility index (Phi) is 4.02. The van der Waals surface area contributed by atoms with Crippen molar-refractivity contribution in [1.29, 1.82) is 0 Å². The van der Waals surface area contributed by atoms with E-state index >= 15 is 0 Å². The summed E-state index contributed by atoms with van der Waals surface area (Å²) in [5.41, 5.74) is 0. The Balaban J connectivity index is 2.01. The number of rotatable bonds is 5. The molecule has 0 aromatic carbocycles. The van der Waals surface area contributed by atoms with Gasteiger partial charge < -0.3 is 19.5 Å². The smallest absolute Gasteiger partial charge is 0.203 e. The van der Waals surface area contributed by atoms with E-state index < -0.39 is 0 Å². The summed E-state index contributed by atoms with van der Waals surface area (Å²) in [6, 6.07) is 0.819. The largest absolute Gasteiger partial charge is 0.383 e. The van der Waals surface area contributed by atoms with E-state index in [1.807, 2.05) is 6.20 Å². The molecular weight excluding hydrogens is 216 g/mol. The van der Waals surface area contributed by atoms with Crippen molar-refractivity contribution in [3.8, 4) is 0 Å². The van der Waals surface area contributed by atoms with Crippen LogP contribution in [0, 0.1) is 0 Å². The summed E-state index contributed by atoms with van der Waals surface area (Å²) in [6.45, 7) is 5.06. The van der Waals surface area contributed by atoms with E-state index in [-0.39, 0.29) is 6.04 Å². The zero-order chi connectivity index (χ0) is 12.3. The number of nitrogens with zero attached hydrogens (tertiary/aromatic N) is 3. The molecule has 1 aromatic heterocycles. The highest BCUT2D eigenvalue weighted by Crippen LogP contribution is 2.23. The van der Waals surface area contributed by atoms with Gasteiger partial charge in [-0.2, -0.15) is 0 Å². The van der Waals surface area contributed by atoms with Crippen LogP contribution in [0.2, 0.25) is 0 Å². The summed E-state index contributed by atoms with van der Waals surface area (Å²) in [4.78, 5) is 6.74. The van der Waals surface area contributed by atoms with Crippen LogP contribution in [-0.2, 0) is 4.74 Å². The highest BCUT2D eigenvalue weighted by Gasteiger charge is 2.23. The van der Waals surface area contributed by atoms with E-state index in [0.717, 1.165) is 19.0 Å². The number of hydrogen-bond acceptors (Lipinski definition) is 4. The number of imidazole rings is 1. The normalized spacial score (nSPS) is 22.9. The average molecular weight is 238 g/mol. The van der Waals surface area contributed by atoms with Crippen molar-refractivity contribution in [3.63, 3.8) is 0 Å². The van der Waals surface area contributed by atoms with Crippen molar-refractivity contribution in [2.75, 3.05) is 39.2 Å². The van der Waals surface area contributed by atoms with Crippen molar-refractivity contribution < 1.29 is 4.74 Å². The minimum absolute atomic E-state index is 0.278. The third-order valence-electron chi connectivity index (χ3n) is 3.22. The summed E-state index contributed by atoms with van der Waals surface area (Å²) < 4.78 is 7.37. The maximum Gasteiger partial charge on any atom is 0.203 e. The minimum atomic E-state index is 0.278. The van der Waals surface area contributed by atoms with Gasteiger partial charge in [0.05, 0.1) is 12.6 Å². The molecule has 2 atom stereocenters. The van der Waals surface area contributed by atoms with Crippen molar-refractivity contribution in [2.24, 2.45) is 0 Å². The molecule has 1 fully saturated rings. The Hall–Kier alpha value is -1.07. The minimum Gasteiger partial charge on any atom is -0.383 e. The van der Waals surface area contributed by atoms with Gasteiger partial charge in [-0.15, -0.1) is 0 Å². The van der Waals surface area contributed by atoms with Crippen molar-refractivity contribution in [2.45, 2.75) is 25.4 Å². The Morgan fingerprint density at radius 2 is 2.47 bits per heavy atom. The van der Waals surface area contributed by atoms with E-state index in [1.54, 1.807) is 7.11 Å². The van der Waals surface area contributed by atoms with E-state index in [2.05, 4.69) is 39.9 Å². The first-order valence-corrected chi connectivity index (χ1v) is 6.17. The highest BCUT2D eigenvalue weighted by molar-refractivity contribution is 5.28. The second-order valence-corrected chi connectivity index (χ2v) is 4.86. The predicted octanol–water partition coefficient (Wildman–Crippen LogP) is 1.21. The van der Waals surface area contributed by atoms with Crippen molar-refractivity contribution >= 4 is 5.95 Å². The Bertz CT molecular complexity index is 352. The molecule has 0 radical (unpaired) electrons. The number of methoxy groups -OCH3 is 1. The molecule has 5 heteroatoms. The van der Waals surface area contributed by atoms with Crippen LogP contribution in [0.5, 0.6) is 0 Å². The molecule has 1 aliphatic heterocycles. The molecule has 1 saturated heterocycles. The molecule has 2 heterocycles. The summed E-state index contributed by atoms with van der Waals surface area (Å²) in [7, 11) is 3.88. The molecule has 17 heavy (non-hydrogen) atoms. The molecule has 0 bridgehead atoms.